The first-order valence-electron chi connectivity index (χ1n) is 6.44. The molecule has 0 aliphatic carbocycles. The van der Waals surface area contributed by atoms with Gasteiger partial charge in [0, 0.05) is 6.04 Å². The van der Waals surface area contributed by atoms with Crippen molar-refractivity contribution >= 4 is 5.91 Å². The lowest BCUT2D eigenvalue weighted by atomic mass is 10.1. The molecule has 2 rings (SSSR count). The van der Waals surface area contributed by atoms with Gasteiger partial charge in [-0.3, -0.25) is 4.79 Å². The summed E-state index contributed by atoms with van der Waals surface area (Å²) < 4.78 is 13.6. The molecule has 0 aromatic heterocycles. The minimum Gasteiger partial charge on any atom is -0.349 e. The second-order valence-electron chi connectivity index (χ2n) is 4.83. The van der Waals surface area contributed by atoms with E-state index in [9.17, 15) is 9.18 Å². The van der Waals surface area contributed by atoms with Crippen molar-refractivity contribution in [2.75, 3.05) is 13.1 Å². The number of nitrogens with one attached hydrogen (secondary N) is 2. The first kappa shape index (κ1) is 13.0. The largest absolute Gasteiger partial charge is 0.349 e. The average molecular weight is 250 g/mol. The van der Waals surface area contributed by atoms with E-state index in [1.807, 2.05) is 6.92 Å². The average Bonchev–Trinajstić information content (AvgIpc) is 2.61. The van der Waals surface area contributed by atoms with Gasteiger partial charge in [-0.1, -0.05) is 11.6 Å². The van der Waals surface area contributed by atoms with E-state index in [1.54, 1.807) is 12.1 Å². The van der Waals surface area contributed by atoms with E-state index in [2.05, 4.69) is 10.6 Å². The summed E-state index contributed by atoms with van der Waals surface area (Å²) in [5.41, 5.74) is 1.04. The Morgan fingerprint density at radius 1 is 1.39 bits per heavy atom. The van der Waals surface area contributed by atoms with Gasteiger partial charge in [-0.15, -0.1) is 0 Å². The van der Waals surface area contributed by atoms with Crippen molar-refractivity contribution < 1.29 is 9.18 Å². The summed E-state index contributed by atoms with van der Waals surface area (Å²) in [6.07, 6.45) is 2.90. The zero-order valence-corrected chi connectivity index (χ0v) is 10.6. The Morgan fingerprint density at radius 2 is 2.22 bits per heavy atom. The number of hydrogen-bond acceptors (Lipinski definition) is 2. The smallest absolute Gasteiger partial charge is 0.254 e. The van der Waals surface area contributed by atoms with E-state index in [4.69, 9.17) is 0 Å². The van der Waals surface area contributed by atoms with Gasteiger partial charge in [-0.2, -0.15) is 0 Å². The predicted molar refractivity (Wildman–Crippen MR) is 69.1 cm³/mol. The van der Waals surface area contributed by atoms with Crippen LogP contribution in [-0.4, -0.2) is 25.0 Å². The fourth-order valence-electron chi connectivity index (χ4n) is 2.24. The first-order valence-corrected chi connectivity index (χ1v) is 6.44. The molecule has 1 aliphatic rings. The van der Waals surface area contributed by atoms with Gasteiger partial charge in [0.05, 0.1) is 5.56 Å². The summed E-state index contributed by atoms with van der Waals surface area (Å²) in [7, 11) is 0. The van der Waals surface area contributed by atoms with Crippen molar-refractivity contribution in [1.82, 2.24) is 10.6 Å². The maximum absolute atomic E-state index is 13.6. The molecule has 4 heteroatoms. The molecule has 1 aromatic carbocycles. The Morgan fingerprint density at radius 3 is 3.06 bits per heavy atom. The maximum atomic E-state index is 13.6. The molecular weight excluding hydrogens is 231 g/mol. The summed E-state index contributed by atoms with van der Waals surface area (Å²) in [5, 5.41) is 6.21. The second-order valence-corrected chi connectivity index (χ2v) is 4.83. The lowest BCUT2D eigenvalue weighted by Gasteiger charge is -2.16. The molecule has 2 N–H and O–H groups in total. The molecule has 0 saturated carbocycles. The zero-order valence-electron chi connectivity index (χ0n) is 10.6. The van der Waals surface area contributed by atoms with Crippen LogP contribution in [0.3, 0.4) is 0 Å². The van der Waals surface area contributed by atoms with Crippen molar-refractivity contribution in [3.63, 3.8) is 0 Å². The van der Waals surface area contributed by atoms with Gasteiger partial charge in [0.25, 0.3) is 5.91 Å². The van der Waals surface area contributed by atoms with E-state index in [1.165, 1.54) is 6.07 Å². The number of benzene rings is 1. The third kappa shape index (κ3) is 3.29. The van der Waals surface area contributed by atoms with Crippen LogP contribution in [0, 0.1) is 12.7 Å². The van der Waals surface area contributed by atoms with Crippen LogP contribution in [0.4, 0.5) is 4.39 Å². The van der Waals surface area contributed by atoms with Crippen LogP contribution in [0.1, 0.15) is 35.2 Å². The third-order valence-electron chi connectivity index (χ3n) is 3.28. The van der Waals surface area contributed by atoms with Crippen molar-refractivity contribution in [2.45, 2.75) is 32.2 Å². The summed E-state index contributed by atoms with van der Waals surface area (Å²) >= 11 is 0. The molecule has 1 atom stereocenters. The predicted octanol–water partition coefficient (Wildman–Crippen LogP) is 2.01. The zero-order chi connectivity index (χ0) is 13.0. The van der Waals surface area contributed by atoms with E-state index in [0.29, 0.717) is 0 Å². The number of aryl methyl sites for hydroxylation is 1. The minimum atomic E-state index is -0.454. The molecular formula is C14H19FN2O. The molecule has 1 unspecified atom stereocenters. The van der Waals surface area contributed by atoms with Crippen LogP contribution in [0.15, 0.2) is 18.2 Å². The maximum Gasteiger partial charge on any atom is 0.254 e. The lowest BCUT2D eigenvalue weighted by Crippen LogP contribution is -2.35. The van der Waals surface area contributed by atoms with E-state index in [0.717, 1.165) is 37.9 Å². The molecule has 1 aliphatic heterocycles. The molecule has 1 saturated heterocycles. The monoisotopic (exact) mass is 250 g/mol. The normalized spacial score (nSPS) is 20.2. The highest BCUT2D eigenvalue weighted by molar-refractivity contribution is 5.94. The van der Waals surface area contributed by atoms with Crippen molar-refractivity contribution in [3.8, 4) is 0 Å². The molecule has 1 aromatic rings. The van der Waals surface area contributed by atoms with Crippen LogP contribution >= 0.6 is 0 Å². The van der Waals surface area contributed by atoms with Gasteiger partial charge in [0.1, 0.15) is 5.82 Å². The van der Waals surface area contributed by atoms with Crippen molar-refractivity contribution in [2.24, 2.45) is 0 Å². The molecule has 0 bridgehead atoms. The fourth-order valence-corrected chi connectivity index (χ4v) is 2.24. The number of carbonyl (C=O) groups excluding carboxylic acids is 1. The Hall–Kier alpha value is -1.42. The fraction of sp³-hybridized carbons (Fsp3) is 0.500. The van der Waals surface area contributed by atoms with Gasteiger partial charge in [-0.05, 0) is 51.4 Å². The van der Waals surface area contributed by atoms with Gasteiger partial charge in [0.2, 0.25) is 0 Å². The molecule has 1 fully saturated rings. The summed E-state index contributed by atoms with van der Waals surface area (Å²) in [6.45, 7) is 3.75. The SMILES string of the molecule is Cc1ccc(F)c(C(=O)NC2CCCNCC2)c1. The summed E-state index contributed by atoms with van der Waals surface area (Å²) in [4.78, 5) is 12.0. The van der Waals surface area contributed by atoms with Gasteiger partial charge >= 0.3 is 0 Å². The number of hydrogen-bond donors (Lipinski definition) is 2. The van der Waals surface area contributed by atoms with E-state index in [-0.39, 0.29) is 17.5 Å². The highest BCUT2D eigenvalue weighted by atomic mass is 19.1. The highest BCUT2D eigenvalue weighted by Gasteiger charge is 2.17. The Balaban J connectivity index is 2.04. The van der Waals surface area contributed by atoms with E-state index >= 15 is 0 Å². The van der Waals surface area contributed by atoms with Crippen LogP contribution in [0.25, 0.3) is 0 Å². The molecule has 1 heterocycles. The molecule has 1 amide bonds. The lowest BCUT2D eigenvalue weighted by molar-refractivity contribution is 0.0930. The molecule has 98 valence electrons. The quantitative estimate of drug-likeness (QED) is 0.843. The highest BCUT2D eigenvalue weighted by Crippen LogP contribution is 2.12. The standard InChI is InChI=1S/C14H19FN2O/c1-10-4-5-13(15)12(9-10)14(18)17-11-3-2-7-16-8-6-11/h4-5,9,11,16H,2-3,6-8H2,1H3,(H,17,18). The molecule has 3 nitrogen and oxygen atoms in total. The first-order chi connectivity index (χ1) is 8.66. The molecule has 0 spiro atoms. The molecule has 18 heavy (non-hydrogen) atoms. The number of carbonyl (C=O) groups is 1. The summed E-state index contributed by atoms with van der Waals surface area (Å²) in [6, 6.07) is 4.76. The van der Waals surface area contributed by atoms with Crippen LogP contribution in [-0.2, 0) is 0 Å². The second kappa shape index (κ2) is 5.96. The minimum absolute atomic E-state index is 0.146. The Bertz CT molecular complexity index is 426. The van der Waals surface area contributed by atoms with Gasteiger partial charge in [0.15, 0.2) is 0 Å². The Kier molecular flexibility index (Phi) is 4.31. The van der Waals surface area contributed by atoms with Crippen LogP contribution < -0.4 is 10.6 Å². The third-order valence-corrected chi connectivity index (χ3v) is 3.28. The van der Waals surface area contributed by atoms with Gasteiger partial charge in [-0.25, -0.2) is 4.39 Å². The molecule has 0 radical (unpaired) electrons. The summed E-state index contributed by atoms with van der Waals surface area (Å²) in [5.74, 6) is -0.757. The number of halogens is 1. The van der Waals surface area contributed by atoms with Crippen molar-refractivity contribution in [3.05, 3.63) is 35.1 Å². The van der Waals surface area contributed by atoms with Crippen LogP contribution in [0.2, 0.25) is 0 Å². The van der Waals surface area contributed by atoms with E-state index < -0.39 is 5.82 Å². The Labute approximate surface area is 107 Å². The number of rotatable bonds is 2. The van der Waals surface area contributed by atoms with Crippen LogP contribution in [0.5, 0.6) is 0 Å². The number of amides is 1. The topological polar surface area (TPSA) is 41.1 Å². The van der Waals surface area contributed by atoms with Gasteiger partial charge < -0.3 is 10.6 Å². The van der Waals surface area contributed by atoms with Crippen molar-refractivity contribution in [1.29, 1.82) is 0 Å².